The first-order valence-corrected chi connectivity index (χ1v) is 12.6. The average molecular weight is 501 g/mol. The van der Waals surface area contributed by atoms with Gasteiger partial charge in [-0.25, -0.2) is 8.42 Å². The topological polar surface area (TPSA) is 84.9 Å². The van der Waals surface area contributed by atoms with E-state index < -0.39 is 16.1 Å². The molecule has 0 aromatic heterocycles. The number of nitrogens with zero attached hydrogens (tertiary/aromatic N) is 1. The van der Waals surface area contributed by atoms with Gasteiger partial charge in [0.2, 0.25) is 0 Å². The zero-order valence-corrected chi connectivity index (χ0v) is 20.4. The first-order chi connectivity index (χ1) is 16.2. The molecule has 34 heavy (non-hydrogen) atoms. The second-order valence-corrected chi connectivity index (χ2v) is 10.1. The summed E-state index contributed by atoms with van der Waals surface area (Å²) in [5.41, 5.74) is 2.17. The minimum Gasteiger partial charge on any atom is -0.497 e. The summed E-state index contributed by atoms with van der Waals surface area (Å²) < 4.78 is 39.2. The number of nitrogens with one attached hydrogen (secondary N) is 1. The van der Waals surface area contributed by atoms with Gasteiger partial charge in [0.1, 0.15) is 11.5 Å². The van der Waals surface area contributed by atoms with Crippen molar-refractivity contribution >= 4 is 33.2 Å². The Morgan fingerprint density at radius 2 is 1.88 bits per heavy atom. The van der Waals surface area contributed by atoms with Crippen molar-refractivity contribution in [3.05, 3.63) is 82.9 Å². The molecule has 0 fully saturated rings. The zero-order chi connectivity index (χ0) is 24.3. The highest BCUT2D eigenvalue weighted by molar-refractivity contribution is 7.92. The van der Waals surface area contributed by atoms with E-state index in [9.17, 15) is 13.2 Å². The number of methoxy groups -OCH3 is 1. The van der Waals surface area contributed by atoms with Gasteiger partial charge < -0.3 is 14.4 Å². The molecule has 1 heterocycles. The van der Waals surface area contributed by atoms with Crippen molar-refractivity contribution < 1.29 is 22.7 Å². The van der Waals surface area contributed by atoms with Crippen molar-refractivity contribution in [2.24, 2.45) is 0 Å². The summed E-state index contributed by atoms with van der Waals surface area (Å²) in [4.78, 5) is 14.7. The van der Waals surface area contributed by atoms with E-state index in [4.69, 9.17) is 21.1 Å². The van der Waals surface area contributed by atoms with E-state index in [-0.39, 0.29) is 10.8 Å². The summed E-state index contributed by atoms with van der Waals surface area (Å²) in [5, 5.41) is 0.332. The van der Waals surface area contributed by atoms with Crippen LogP contribution in [-0.2, 0) is 27.8 Å². The van der Waals surface area contributed by atoms with Crippen LogP contribution in [0.3, 0.4) is 0 Å². The van der Waals surface area contributed by atoms with E-state index in [2.05, 4.69) is 4.72 Å². The van der Waals surface area contributed by atoms with E-state index in [0.29, 0.717) is 36.0 Å². The summed E-state index contributed by atoms with van der Waals surface area (Å²) in [6.07, 6.45) is 0.0184. The number of benzene rings is 3. The lowest BCUT2D eigenvalue weighted by Crippen LogP contribution is -2.39. The van der Waals surface area contributed by atoms with Gasteiger partial charge in [-0.2, -0.15) is 0 Å². The molecular formula is C25H25ClN2O5S. The Bertz CT molecular complexity index is 1290. The normalized spacial score (nSPS) is 15.8. The van der Waals surface area contributed by atoms with E-state index in [1.54, 1.807) is 49.3 Å². The Kier molecular flexibility index (Phi) is 7.00. The second-order valence-electron chi connectivity index (χ2n) is 8.00. The molecule has 1 aliphatic heterocycles. The van der Waals surface area contributed by atoms with E-state index in [1.165, 1.54) is 12.1 Å². The molecule has 0 bridgehead atoms. The number of carbonyl (C=O) groups excluding carboxylic acids is 1. The van der Waals surface area contributed by atoms with Gasteiger partial charge in [0.15, 0.2) is 6.10 Å². The molecule has 4 rings (SSSR count). The van der Waals surface area contributed by atoms with Crippen LogP contribution in [0.25, 0.3) is 0 Å². The lowest BCUT2D eigenvalue weighted by molar-refractivity contribution is -0.137. The van der Waals surface area contributed by atoms with E-state index >= 15 is 0 Å². The zero-order valence-electron chi connectivity index (χ0n) is 18.8. The summed E-state index contributed by atoms with van der Waals surface area (Å²) >= 11 is 5.95. The fraction of sp³-hybridized carbons (Fsp3) is 0.240. The predicted molar refractivity (Wildman–Crippen MR) is 131 cm³/mol. The molecule has 7 nitrogen and oxygen atoms in total. The molecule has 0 radical (unpaired) electrons. The second kappa shape index (κ2) is 9.95. The summed E-state index contributed by atoms with van der Waals surface area (Å²) in [6.45, 7) is 2.52. The van der Waals surface area contributed by atoms with Crippen molar-refractivity contribution in [1.29, 1.82) is 0 Å². The van der Waals surface area contributed by atoms with Crippen LogP contribution in [0.1, 0.15) is 18.1 Å². The quantitative estimate of drug-likeness (QED) is 0.516. The number of anilines is 1. The van der Waals surface area contributed by atoms with E-state index in [0.717, 1.165) is 16.9 Å². The maximum atomic E-state index is 12.9. The maximum absolute atomic E-state index is 12.9. The molecule has 178 valence electrons. The largest absolute Gasteiger partial charge is 0.497 e. The third-order valence-corrected chi connectivity index (χ3v) is 7.19. The molecule has 1 N–H and O–H groups in total. The maximum Gasteiger partial charge on any atom is 0.263 e. The van der Waals surface area contributed by atoms with Crippen molar-refractivity contribution in [3.63, 3.8) is 0 Å². The van der Waals surface area contributed by atoms with Crippen LogP contribution in [0.4, 0.5) is 5.69 Å². The van der Waals surface area contributed by atoms with Gasteiger partial charge in [0.05, 0.1) is 12.0 Å². The third-order valence-electron chi connectivity index (χ3n) is 5.57. The molecule has 9 heteroatoms. The highest BCUT2D eigenvalue weighted by Gasteiger charge is 2.28. The molecule has 0 aliphatic carbocycles. The van der Waals surface area contributed by atoms with Gasteiger partial charge in [0, 0.05) is 29.4 Å². The monoisotopic (exact) mass is 500 g/mol. The number of carbonyl (C=O) groups is 1. The van der Waals surface area contributed by atoms with Crippen molar-refractivity contribution in [2.45, 2.75) is 30.9 Å². The Morgan fingerprint density at radius 3 is 2.59 bits per heavy atom. The highest BCUT2D eigenvalue weighted by Crippen LogP contribution is 2.30. The molecule has 0 spiro atoms. The summed E-state index contributed by atoms with van der Waals surface area (Å²) in [7, 11) is -2.21. The van der Waals surface area contributed by atoms with Crippen LogP contribution in [0.2, 0.25) is 5.02 Å². The smallest absolute Gasteiger partial charge is 0.263 e. The number of hydrogen-bond acceptors (Lipinski definition) is 5. The third kappa shape index (κ3) is 5.46. The molecule has 1 atom stereocenters. The SMILES string of the molecule is COc1ccc(CCN2Cc3cc(NS(=O)(=O)c4cccc(Cl)c4)ccc3O[C@H](C)C2=O)cc1. The highest BCUT2D eigenvalue weighted by atomic mass is 35.5. The molecule has 3 aromatic carbocycles. The predicted octanol–water partition coefficient (Wildman–Crippen LogP) is 4.50. The Balaban J connectivity index is 1.53. The van der Waals surface area contributed by atoms with Crippen molar-refractivity contribution in [3.8, 4) is 11.5 Å². The van der Waals surface area contributed by atoms with Crippen LogP contribution in [0.5, 0.6) is 11.5 Å². The number of amides is 1. The fourth-order valence-corrected chi connectivity index (χ4v) is 5.11. The minimum absolute atomic E-state index is 0.0658. The molecular weight excluding hydrogens is 476 g/mol. The number of sulfonamides is 1. The van der Waals surface area contributed by atoms with Gasteiger partial charge in [0.25, 0.3) is 15.9 Å². The fourth-order valence-electron chi connectivity index (χ4n) is 3.76. The standard InChI is InChI=1S/C25H25ClN2O5S/c1-17-25(29)28(13-12-18-6-9-22(32-2)10-7-18)16-19-14-21(8-11-24(19)33-17)27-34(30,31)23-5-3-4-20(26)15-23/h3-11,14-15,17,27H,12-13,16H2,1-2H3/t17-/m1/s1. The lowest BCUT2D eigenvalue weighted by atomic mass is 10.1. The van der Waals surface area contributed by atoms with Gasteiger partial charge in [-0.05, 0) is 67.4 Å². The number of hydrogen-bond donors (Lipinski definition) is 1. The Hall–Kier alpha value is -3.23. The molecule has 0 saturated carbocycles. The molecule has 0 saturated heterocycles. The summed E-state index contributed by atoms with van der Waals surface area (Å²) in [6, 6.07) is 18.8. The number of ether oxygens (including phenoxy) is 2. The summed E-state index contributed by atoms with van der Waals surface area (Å²) in [5.74, 6) is 1.21. The van der Waals surface area contributed by atoms with E-state index in [1.807, 2.05) is 24.3 Å². The van der Waals surface area contributed by atoms with Gasteiger partial charge in [-0.15, -0.1) is 0 Å². The molecule has 1 amide bonds. The van der Waals surface area contributed by atoms with Crippen LogP contribution in [0, 0.1) is 0 Å². The van der Waals surface area contributed by atoms with Crippen LogP contribution in [0.15, 0.2) is 71.6 Å². The number of halogens is 1. The minimum atomic E-state index is -3.82. The average Bonchev–Trinajstić information content (AvgIpc) is 2.93. The first kappa shape index (κ1) is 23.9. The first-order valence-electron chi connectivity index (χ1n) is 10.7. The van der Waals surface area contributed by atoms with Crippen molar-refractivity contribution in [2.75, 3.05) is 18.4 Å². The number of rotatable bonds is 7. The van der Waals surface area contributed by atoms with Crippen molar-refractivity contribution in [1.82, 2.24) is 4.90 Å². The Labute approximate surface area is 204 Å². The Morgan fingerprint density at radius 1 is 1.12 bits per heavy atom. The van der Waals surface area contributed by atoms with Crippen LogP contribution in [-0.4, -0.2) is 39.0 Å². The lowest BCUT2D eigenvalue weighted by Gasteiger charge is -2.22. The molecule has 0 unspecified atom stereocenters. The van der Waals surface area contributed by atoms with Crippen LogP contribution >= 0.6 is 11.6 Å². The van der Waals surface area contributed by atoms with Gasteiger partial charge in [-0.1, -0.05) is 29.8 Å². The number of fused-ring (bicyclic) bond motifs is 1. The van der Waals surface area contributed by atoms with Gasteiger partial charge >= 0.3 is 0 Å². The van der Waals surface area contributed by atoms with Gasteiger partial charge in [-0.3, -0.25) is 9.52 Å². The molecule has 3 aromatic rings. The van der Waals surface area contributed by atoms with Crippen LogP contribution < -0.4 is 14.2 Å². The molecule has 1 aliphatic rings.